The molecule has 3 aliphatic carbocycles. The first-order valence-corrected chi connectivity index (χ1v) is 14.7. The van der Waals surface area contributed by atoms with Crippen LogP contribution in [0, 0.1) is 23.2 Å². The molecule has 0 aliphatic heterocycles. The topological polar surface area (TPSA) is 99.4 Å². The molecule has 0 spiro atoms. The van der Waals surface area contributed by atoms with Crippen molar-refractivity contribution in [2.24, 2.45) is 27.7 Å². The van der Waals surface area contributed by atoms with Crippen molar-refractivity contribution in [1.82, 2.24) is 10.2 Å². The van der Waals surface area contributed by atoms with Crippen molar-refractivity contribution < 1.29 is 27.4 Å². The van der Waals surface area contributed by atoms with E-state index in [0.29, 0.717) is 37.9 Å². The maximum absolute atomic E-state index is 14.0. The number of nitrogens with one attached hydrogen (secondary N) is 2. The predicted octanol–water partition coefficient (Wildman–Crippen LogP) is 5.51. The molecule has 8 nitrogen and oxygen atoms in total. The van der Waals surface area contributed by atoms with Gasteiger partial charge < -0.3 is 19.7 Å². The van der Waals surface area contributed by atoms with Gasteiger partial charge in [0.25, 0.3) is 0 Å². The summed E-state index contributed by atoms with van der Waals surface area (Å²) < 4.78 is 53.4. The van der Waals surface area contributed by atoms with E-state index in [9.17, 15) is 18.0 Å². The van der Waals surface area contributed by atoms with Crippen LogP contribution < -0.4 is 5.32 Å². The third-order valence-corrected chi connectivity index (χ3v) is 8.29. The minimum atomic E-state index is -4.73. The molecule has 6 atom stereocenters. The van der Waals surface area contributed by atoms with Crippen LogP contribution in [0.15, 0.2) is 45.4 Å². The van der Waals surface area contributed by atoms with Crippen molar-refractivity contribution in [2.45, 2.75) is 83.3 Å². The number of carbonyl (C=O) groups excluding carboxylic acids is 1. The Morgan fingerprint density at radius 2 is 2.10 bits per heavy atom. The number of hydrogen-bond acceptors (Lipinski definition) is 7. The van der Waals surface area contributed by atoms with Crippen molar-refractivity contribution in [3.63, 3.8) is 0 Å². The third-order valence-electron chi connectivity index (χ3n) is 8.29. The summed E-state index contributed by atoms with van der Waals surface area (Å²) in [5.74, 6) is -3.34. The molecule has 234 valence electrons. The summed E-state index contributed by atoms with van der Waals surface area (Å²) in [4.78, 5) is 23.8. The molecule has 1 amide bonds. The van der Waals surface area contributed by atoms with Crippen LogP contribution in [-0.4, -0.2) is 87.0 Å². The first kappa shape index (κ1) is 33.7. The summed E-state index contributed by atoms with van der Waals surface area (Å²) in [5, 5.41) is 11.2. The van der Waals surface area contributed by atoms with E-state index in [4.69, 9.17) is 14.9 Å². The average Bonchev–Trinajstić information content (AvgIpc) is 3.33. The zero-order chi connectivity index (χ0) is 31.1. The molecule has 1 saturated carbocycles. The van der Waals surface area contributed by atoms with Crippen molar-refractivity contribution in [3.8, 4) is 0 Å². The minimum Gasteiger partial charge on any atom is -0.477 e. The Morgan fingerprint density at radius 3 is 2.71 bits per heavy atom. The van der Waals surface area contributed by atoms with Gasteiger partial charge in [-0.15, -0.1) is 0 Å². The maximum Gasteiger partial charge on any atom is 0.405 e. The zero-order valence-electron chi connectivity index (χ0n) is 25.6. The number of halogens is 3. The molecule has 0 aromatic heterocycles. The van der Waals surface area contributed by atoms with Gasteiger partial charge in [0.2, 0.25) is 5.91 Å². The van der Waals surface area contributed by atoms with Gasteiger partial charge in [-0.1, -0.05) is 36.3 Å². The molecule has 0 heterocycles. The summed E-state index contributed by atoms with van der Waals surface area (Å²) in [6.07, 6.45) is 6.01. The van der Waals surface area contributed by atoms with E-state index in [2.05, 4.69) is 20.2 Å². The fourth-order valence-electron chi connectivity index (χ4n) is 5.60. The van der Waals surface area contributed by atoms with E-state index in [1.54, 1.807) is 13.0 Å². The number of methoxy groups -OCH3 is 1. The molecule has 1 fully saturated rings. The summed E-state index contributed by atoms with van der Waals surface area (Å²) in [5.41, 5.74) is 1.57. The molecule has 2 N–H and O–H groups in total. The second-order valence-electron chi connectivity index (χ2n) is 11.9. The number of fused-ring (bicyclic) bond motifs is 1. The van der Waals surface area contributed by atoms with E-state index in [1.165, 1.54) is 7.11 Å². The molecule has 0 saturated heterocycles. The Labute approximate surface area is 247 Å². The zero-order valence-corrected chi connectivity index (χ0v) is 25.6. The minimum absolute atomic E-state index is 0.0875. The fraction of sp³-hybridized carbons (Fsp3) is 0.677. The molecular formula is C31H46F3N5O3. The van der Waals surface area contributed by atoms with E-state index in [0.717, 1.165) is 36.7 Å². The molecule has 0 radical (unpaired) electrons. The molecular weight excluding hydrogens is 547 g/mol. The Kier molecular flexibility index (Phi) is 11.7. The summed E-state index contributed by atoms with van der Waals surface area (Å²) in [6.45, 7) is 6.88. The van der Waals surface area contributed by atoms with E-state index in [-0.39, 0.29) is 11.8 Å². The van der Waals surface area contributed by atoms with Crippen LogP contribution in [0.4, 0.5) is 13.2 Å². The molecule has 0 bridgehead atoms. The SMILES string of the molecule is CCC(N=CC(C(=N)OC1CC2=CC=CCC2C1)C(F)(F)F)N=C1C=C(C)C(C(=O)NCCCN(C)C)CC1(C)OC. The number of carbonyl (C=O) groups is 1. The van der Waals surface area contributed by atoms with Crippen molar-refractivity contribution in [2.75, 3.05) is 34.3 Å². The molecule has 3 aliphatic rings. The Bertz CT molecular complexity index is 1130. The lowest BCUT2D eigenvalue weighted by Crippen LogP contribution is -2.46. The standard InChI is InChI=1S/C31H46F3N5O3/c1-7-27(37-19-25(31(32,33)34)28(35)42-23-16-21-11-8-9-12-22(21)17-23)38-26-15-20(2)24(18-30(26,3)41-6)29(40)36-13-10-14-39(4)5/h8-9,11,15,19,22-25,27,35H,7,10,12-14,16-18H2,1-6H3,(H,36,40). The quantitative estimate of drug-likeness (QED) is 0.177. The van der Waals surface area contributed by atoms with Gasteiger partial charge in [-0.3, -0.25) is 20.2 Å². The lowest BCUT2D eigenvalue weighted by molar-refractivity contribution is -0.142. The summed E-state index contributed by atoms with van der Waals surface area (Å²) in [7, 11) is 5.49. The highest BCUT2D eigenvalue weighted by Gasteiger charge is 2.45. The number of hydrogen-bond donors (Lipinski definition) is 2. The Hall–Kier alpha value is -2.79. The molecule has 42 heavy (non-hydrogen) atoms. The van der Waals surface area contributed by atoms with Gasteiger partial charge in [0.15, 0.2) is 11.8 Å². The second-order valence-corrected chi connectivity index (χ2v) is 11.9. The number of ether oxygens (including phenoxy) is 2. The molecule has 0 aromatic rings. The number of nitrogens with zero attached hydrogens (tertiary/aromatic N) is 3. The number of allylic oxidation sites excluding steroid dienone is 3. The Balaban J connectivity index is 1.73. The summed E-state index contributed by atoms with van der Waals surface area (Å²) in [6, 6.07) is 0. The number of alkyl halides is 3. The van der Waals surface area contributed by atoms with Crippen LogP contribution in [0.3, 0.4) is 0 Å². The van der Waals surface area contributed by atoms with Crippen LogP contribution in [0.5, 0.6) is 0 Å². The van der Waals surface area contributed by atoms with Gasteiger partial charge in [0.05, 0.1) is 11.6 Å². The Morgan fingerprint density at radius 1 is 1.36 bits per heavy atom. The first-order valence-electron chi connectivity index (χ1n) is 14.7. The van der Waals surface area contributed by atoms with E-state index < -0.39 is 41.8 Å². The normalized spacial score (nSPS) is 28.4. The van der Waals surface area contributed by atoms with Crippen molar-refractivity contribution in [1.29, 1.82) is 5.41 Å². The number of rotatable bonds is 12. The highest BCUT2D eigenvalue weighted by atomic mass is 19.4. The fourth-order valence-corrected chi connectivity index (χ4v) is 5.60. The van der Waals surface area contributed by atoms with Crippen LogP contribution >= 0.6 is 0 Å². The van der Waals surface area contributed by atoms with Crippen LogP contribution in [0.1, 0.15) is 59.3 Å². The highest BCUT2D eigenvalue weighted by Crippen LogP contribution is 2.39. The van der Waals surface area contributed by atoms with Gasteiger partial charge in [-0.05, 0) is 78.6 Å². The number of amides is 1. The van der Waals surface area contributed by atoms with E-state index in [1.807, 2.05) is 46.2 Å². The van der Waals surface area contributed by atoms with Gasteiger partial charge in [0, 0.05) is 26.3 Å². The van der Waals surface area contributed by atoms with Crippen molar-refractivity contribution in [3.05, 3.63) is 35.5 Å². The summed E-state index contributed by atoms with van der Waals surface area (Å²) >= 11 is 0. The van der Waals surface area contributed by atoms with Crippen molar-refractivity contribution >= 4 is 23.7 Å². The lowest BCUT2D eigenvalue weighted by atomic mass is 9.77. The lowest BCUT2D eigenvalue weighted by Gasteiger charge is -2.37. The number of aliphatic imine (C=N–C) groups is 2. The monoisotopic (exact) mass is 593 g/mol. The molecule has 11 heteroatoms. The largest absolute Gasteiger partial charge is 0.477 e. The molecule has 0 aromatic carbocycles. The second kappa shape index (κ2) is 14.6. The predicted molar refractivity (Wildman–Crippen MR) is 160 cm³/mol. The first-order chi connectivity index (χ1) is 19.8. The maximum atomic E-state index is 14.0. The van der Waals surface area contributed by atoms with Gasteiger partial charge in [0.1, 0.15) is 17.9 Å². The molecule has 3 rings (SSSR count). The average molecular weight is 594 g/mol. The smallest absolute Gasteiger partial charge is 0.405 e. The highest BCUT2D eigenvalue weighted by molar-refractivity contribution is 6.05. The van der Waals surface area contributed by atoms with Crippen LogP contribution in [-0.2, 0) is 14.3 Å². The third kappa shape index (κ3) is 8.86. The van der Waals surface area contributed by atoms with Crippen LogP contribution in [0.2, 0.25) is 0 Å². The van der Waals surface area contributed by atoms with Gasteiger partial charge >= 0.3 is 6.18 Å². The van der Waals surface area contributed by atoms with Gasteiger partial charge in [-0.25, -0.2) is 0 Å². The molecule has 6 unspecified atom stereocenters. The van der Waals surface area contributed by atoms with E-state index >= 15 is 0 Å². The van der Waals surface area contributed by atoms with Crippen LogP contribution in [0.25, 0.3) is 0 Å². The van der Waals surface area contributed by atoms with Gasteiger partial charge in [-0.2, -0.15) is 13.2 Å².